The van der Waals surface area contributed by atoms with E-state index in [1.807, 2.05) is 39.0 Å². The zero-order valence-corrected chi connectivity index (χ0v) is 11.2. The van der Waals surface area contributed by atoms with Crippen LogP contribution in [0.25, 0.3) is 10.9 Å². The van der Waals surface area contributed by atoms with Crippen molar-refractivity contribution in [2.24, 2.45) is 5.73 Å². The Labute approximate surface area is 107 Å². The van der Waals surface area contributed by atoms with Crippen LogP contribution in [-0.2, 0) is 6.42 Å². The van der Waals surface area contributed by atoms with Crippen LogP contribution < -0.4 is 5.73 Å². The minimum Gasteiger partial charge on any atom is -0.325 e. The van der Waals surface area contributed by atoms with Gasteiger partial charge in [-0.25, -0.2) is 0 Å². The fourth-order valence-corrected chi connectivity index (χ4v) is 2.22. The van der Waals surface area contributed by atoms with Crippen molar-refractivity contribution in [2.45, 2.75) is 32.7 Å². The van der Waals surface area contributed by atoms with Gasteiger partial charge in [0.15, 0.2) is 0 Å². The molecule has 2 aromatic rings. The van der Waals surface area contributed by atoms with Crippen molar-refractivity contribution in [1.82, 2.24) is 4.98 Å². The zero-order valence-electron chi connectivity index (χ0n) is 10.4. The molecule has 0 amide bonds. The number of nitrogens with two attached hydrogens (primary N) is 1. The molecule has 0 aliphatic heterocycles. The number of benzene rings is 1. The number of aromatic nitrogens is 1. The standard InChI is InChI=1S/C14H17ClN2/c1-9-6-10(8-14(2,3)16)12-7-11(15)4-5-13(12)17-9/h4-7H,8,16H2,1-3H3. The lowest BCUT2D eigenvalue weighted by atomic mass is 9.93. The van der Waals surface area contributed by atoms with Gasteiger partial charge in [0, 0.05) is 21.6 Å². The molecule has 0 unspecified atom stereocenters. The van der Waals surface area contributed by atoms with Gasteiger partial charge in [-0.3, -0.25) is 4.98 Å². The lowest BCUT2D eigenvalue weighted by Crippen LogP contribution is -2.34. The molecule has 0 bridgehead atoms. The summed E-state index contributed by atoms with van der Waals surface area (Å²) in [5, 5.41) is 1.83. The Morgan fingerprint density at radius 2 is 2.00 bits per heavy atom. The fourth-order valence-electron chi connectivity index (χ4n) is 2.05. The molecule has 1 aromatic carbocycles. The van der Waals surface area contributed by atoms with Crippen LogP contribution >= 0.6 is 11.6 Å². The first-order valence-corrected chi connectivity index (χ1v) is 6.08. The molecule has 1 aromatic heterocycles. The minimum atomic E-state index is -0.233. The molecule has 3 heteroatoms. The summed E-state index contributed by atoms with van der Waals surface area (Å²) in [7, 11) is 0. The van der Waals surface area contributed by atoms with Crippen molar-refractivity contribution in [3.63, 3.8) is 0 Å². The third-order valence-electron chi connectivity index (χ3n) is 2.63. The van der Waals surface area contributed by atoms with Crippen molar-refractivity contribution in [1.29, 1.82) is 0 Å². The second-order valence-corrected chi connectivity index (χ2v) is 5.69. The predicted octanol–water partition coefficient (Wildman–Crippen LogP) is 3.48. The van der Waals surface area contributed by atoms with Crippen molar-refractivity contribution < 1.29 is 0 Å². The van der Waals surface area contributed by atoms with Gasteiger partial charge in [0.2, 0.25) is 0 Å². The topological polar surface area (TPSA) is 38.9 Å². The average Bonchev–Trinajstić information content (AvgIpc) is 2.16. The summed E-state index contributed by atoms with van der Waals surface area (Å²) in [6, 6.07) is 7.88. The first kappa shape index (κ1) is 12.3. The molecule has 0 fully saturated rings. The van der Waals surface area contributed by atoms with Crippen LogP contribution in [-0.4, -0.2) is 10.5 Å². The molecular formula is C14H17ClN2. The molecule has 0 saturated carbocycles. The van der Waals surface area contributed by atoms with Crippen LogP contribution in [0.5, 0.6) is 0 Å². The van der Waals surface area contributed by atoms with Crippen molar-refractivity contribution >= 4 is 22.5 Å². The van der Waals surface area contributed by atoms with Crippen molar-refractivity contribution in [3.05, 3.63) is 40.5 Å². The number of rotatable bonds is 2. The van der Waals surface area contributed by atoms with Crippen molar-refractivity contribution in [3.8, 4) is 0 Å². The van der Waals surface area contributed by atoms with E-state index in [0.29, 0.717) is 0 Å². The second kappa shape index (κ2) is 4.28. The maximum Gasteiger partial charge on any atom is 0.0708 e. The lowest BCUT2D eigenvalue weighted by molar-refractivity contribution is 0.518. The summed E-state index contributed by atoms with van der Waals surface area (Å²) in [5.74, 6) is 0. The summed E-state index contributed by atoms with van der Waals surface area (Å²) in [5.41, 5.74) is 9.06. The van der Waals surface area contributed by atoms with Gasteiger partial charge in [0.25, 0.3) is 0 Å². The summed E-state index contributed by atoms with van der Waals surface area (Å²) in [6.45, 7) is 6.05. The molecule has 2 rings (SSSR count). The largest absolute Gasteiger partial charge is 0.325 e. The van der Waals surface area contributed by atoms with Crippen LogP contribution in [0.1, 0.15) is 25.1 Å². The molecule has 0 aliphatic rings. The van der Waals surface area contributed by atoms with E-state index in [0.717, 1.165) is 28.0 Å². The molecule has 2 N–H and O–H groups in total. The Hall–Kier alpha value is -1.12. The molecule has 17 heavy (non-hydrogen) atoms. The number of pyridine rings is 1. The van der Waals surface area contributed by atoms with E-state index in [2.05, 4.69) is 11.1 Å². The third kappa shape index (κ3) is 2.96. The Morgan fingerprint density at radius 1 is 1.29 bits per heavy atom. The van der Waals surface area contributed by atoms with Gasteiger partial charge < -0.3 is 5.73 Å². The molecule has 0 spiro atoms. The predicted molar refractivity (Wildman–Crippen MR) is 73.5 cm³/mol. The highest BCUT2D eigenvalue weighted by Crippen LogP contribution is 2.24. The highest BCUT2D eigenvalue weighted by molar-refractivity contribution is 6.31. The number of nitrogens with zero attached hydrogens (tertiary/aromatic N) is 1. The van der Waals surface area contributed by atoms with Crippen LogP contribution in [0, 0.1) is 6.92 Å². The summed E-state index contributed by atoms with van der Waals surface area (Å²) < 4.78 is 0. The molecule has 0 saturated heterocycles. The van der Waals surface area contributed by atoms with Crippen LogP contribution in [0.4, 0.5) is 0 Å². The molecule has 2 nitrogen and oxygen atoms in total. The number of aryl methyl sites for hydroxylation is 1. The van der Waals surface area contributed by atoms with E-state index in [1.54, 1.807) is 0 Å². The maximum atomic E-state index is 6.09. The van der Waals surface area contributed by atoms with E-state index in [9.17, 15) is 0 Å². The number of hydrogen-bond donors (Lipinski definition) is 1. The van der Waals surface area contributed by atoms with E-state index in [4.69, 9.17) is 17.3 Å². The molecule has 0 atom stereocenters. The van der Waals surface area contributed by atoms with Gasteiger partial charge in [0.1, 0.15) is 0 Å². The van der Waals surface area contributed by atoms with Gasteiger partial charge in [-0.15, -0.1) is 0 Å². The van der Waals surface area contributed by atoms with Crippen LogP contribution in [0.3, 0.4) is 0 Å². The number of hydrogen-bond acceptors (Lipinski definition) is 2. The SMILES string of the molecule is Cc1cc(CC(C)(C)N)c2cc(Cl)ccc2n1. The Kier molecular flexibility index (Phi) is 3.11. The van der Waals surface area contributed by atoms with Gasteiger partial charge in [-0.05, 0) is 57.0 Å². The number of halogens is 1. The first-order chi connectivity index (χ1) is 7.85. The van der Waals surface area contributed by atoms with E-state index >= 15 is 0 Å². The van der Waals surface area contributed by atoms with Gasteiger partial charge >= 0.3 is 0 Å². The molecular weight excluding hydrogens is 232 g/mol. The summed E-state index contributed by atoms with van der Waals surface area (Å²) in [6.07, 6.45) is 0.813. The highest BCUT2D eigenvalue weighted by Gasteiger charge is 2.14. The van der Waals surface area contributed by atoms with Gasteiger partial charge in [0.05, 0.1) is 5.52 Å². The number of fused-ring (bicyclic) bond motifs is 1. The fraction of sp³-hybridized carbons (Fsp3) is 0.357. The van der Waals surface area contributed by atoms with E-state index in [1.165, 1.54) is 5.56 Å². The van der Waals surface area contributed by atoms with Gasteiger partial charge in [-0.1, -0.05) is 11.6 Å². The van der Waals surface area contributed by atoms with Crippen molar-refractivity contribution in [2.75, 3.05) is 0 Å². The normalized spacial score (nSPS) is 12.1. The molecule has 0 radical (unpaired) electrons. The van der Waals surface area contributed by atoms with E-state index in [-0.39, 0.29) is 5.54 Å². The van der Waals surface area contributed by atoms with E-state index < -0.39 is 0 Å². The van der Waals surface area contributed by atoms with Gasteiger partial charge in [-0.2, -0.15) is 0 Å². The summed E-state index contributed by atoms with van der Waals surface area (Å²) >= 11 is 6.04. The minimum absolute atomic E-state index is 0.233. The quantitative estimate of drug-likeness (QED) is 0.884. The first-order valence-electron chi connectivity index (χ1n) is 5.70. The lowest BCUT2D eigenvalue weighted by Gasteiger charge is -2.20. The Morgan fingerprint density at radius 3 is 2.65 bits per heavy atom. The maximum absolute atomic E-state index is 6.09. The molecule has 1 heterocycles. The van der Waals surface area contributed by atoms with Crippen LogP contribution in [0.2, 0.25) is 5.02 Å². The average molecular weight is 249 g/mol. The highest BCUT2D eigenvalue weighted by atomic mass is 35.5. The van der Waals surface area contributed by atoms with Crippen LogP contribution in [0.15, 0.2) is 24.3 Å². The monoisotopic (exact) mass is 248 g/mol. The third-order valence-corrected chi connectivity index (χ3v) is 2.87. The molecule has 90 valence electrons. The Balaban J connectivity index is 2.63. The Bertz CT molecular complexity index is 556. The second-order valence-electron chi connectivity index (χ2n) is 5.25. The molecule has 0 aliphatic carbocycles. The summed E-state index contributed by atoms with van der Waals surface area (Å²) in [4.78, 5) is 4.51. The zero-order chi connectivity index (χ0) is 12.6. The smallest absolute Gasteiger partial charge is 0.0708 e.